The van der Waals surface area contributed by atoms with Gasteiger partial charge in [-0.1, -0.05) is 53.2 Å². The Morgan fingerprint density at radius 1 is 0.872 bits per heavy atom. The first-order chi connectivity index (χ1) is 21.8. The van der Waals surface area contributed by atoms with Gasteiger partial charge in [-0.25, -0.2) is 0 Å². The van der Waals surface area contributed by atoms with Crippen molar-refractivity contribution in [3.05, 3.63) is 11.6 Å². The van der Waals surface area contributed by atoms with Gasteiger partial charge in [0.1, 0.15) is 24.4 Å². The lowest BCUT2D eigenvalue weighted by Gasteiger charge is -2.71. The van der Waals surface area contributed by atoms with Gasteiger partial charge in [-0.2, -0.15) is 0 Å². The van der Waals surface area contributed by atoms with Gasteiger partial charge in [-0.3, -0.25) is 4.79 Å². The molecule has 4 saturated carbocycles. The molecule has 0 spiro atoms. The fraction of sp³-hybridized carbons (Fsp3) is 0.917. The van der Waals surface area contributed by atoms with Gasteiger partial charge >= 0.3 is 5.97 Å². The Labute approximate surface area is 278 Å². The second kappa shape index (κ2) is 11.4. The highest BCUT2D eigenvalue weighted by Gasteiger charge is 2.71. The fourth-order valence-corrected chi connectivity index (χ4v) is 12.1. The summed E-state index contributed by atoms with van der Waals surface area (Å²) in [6.45, 7) is 12.0. The zero-order valence-corrected chi connectivity index (χ0v) is 28.8. The molecule has 11 heteroatoms. The molecule has 16 unspecified atom stereocenters. The van der Waals surface area contributed by atoms with Crippen molar-refractivity contribution in [3.8, 4) is 0 Å². The highest BCUT2D eigenvalue weighted by atomic mass is 16.7. The smallest absolute Gasteiger partial charge is 0.315 e. The first-order valence-electron chi connectivity index (χ1n) is 17.6. The lowest BCUT2D eigenvalue weighted by Crippen LogP contribution is -2.68. The van der Waals surface area contributed by atoms with E-state index in [0.717, 1.165) is 19.3 Å². The molecular formula is C36H58O11. The first kappa shape index (κ1) is 35.7. The molecule has 1 heterocycles. The SMILES string of the molecule is CC1(C)CC2C3=CCC4C5(C)CC(O)C(O)C(C)(CO)C5CCC4(C)C3(C)CCC2(C(=O)OC2OC(CO)C(O)C(O)C2O)CC1O. The fourth-order valence-electron chi connectivity index (χ4n) is 12.1. The van der Waals surface area contributed by atoms with Crippen molar-refractivity contribution < 1.29 is 55.1 Å². The molecule has 11 nitrogen and oxygen atoms in total. The molecule has 6 rings (SSSR count). The molecule has 16 atom stereocenters. The summed E-state index contributed by atoms with van der Waals surface area (Å²) in [5.74, 6) is -0.724. The van der Waals surface area contributed by atoms with Crippen LogP contribution >= 0.6 is 0 Å². The number of fused-ring (bicyclic) bond motifs is 7. The lowest BCUT2D eigenvalue weighted by molar-refractivity contribution is -0.298. The molecule has 1 saturated heterocycles. The first-order valence-corrected chi connectivity index (χ1v) is 17.6. The number of carbonyl (C=O) groups excluding carboxylic acids is 1. The molecule has 0 aromatic carbocycles. The molecule has 0 bridgehead atoms. The lowest BCUT2D eigenvalue weighted by atomic mass is 9.33. The predicted molar refractivity (Wildman–Crippen MR) is 169 cm³/mol. The Hall–Kier alpha value is -1.15. The molecule has 47 heavy (non-hydrogen) atoms. The van der Waals surface area contributed by atoms with Gasteiger partial charge in [0.2, 0.25) is 6.29 Å². The Morgan fingerprint density at radius 3 is 2.19 bits per heavy atom. The molecule has 5 fully saturated rings. The molecule has 0 aromatic heterocycles. The summed E-state index contributed by atoms with van der Waals surface area (Å²) >= 11 is 0. The van der Waals surface area contributed by atoms with Crippen LogP contribution < -0.4 is 0 Å². The van der Waals surface area contributed by atoms with Crippen molar-refractivity contribution in [2.45, 2.75) is 142 Å². The van der Waals surface area contributed by atoms with Crippen LogP contribution in [0.3, 0.4) is 0 Å². The van der Waals surface area contributed by atoms with Crippen LogP contribution in [-0.2, 0) is 14.3 Å². The van der Waals surface area contributed by atoms with Crippen molar-refractivity contribution in [2.24, 2.45) is 50.2 Å². The minimum absolute atomic E-state index is 0.0231. The topological polar surface area (TPSA) is 197 Å². The summed E-state index contributed by atoms with van der Waals surface area (Å²) in [5.41, 5.74) is -2.14. The van der Waals surface area contributed by atoms with Gasteiger partial charge < -0.3 is 50.3 Å². The number of aliphatic hydroxyl groups is 8. The summed E-state index contributed by atoms with van der Waals surface area (Å²) in [4.78, 5) is 14.4. The number of hydrogen-bond donors (Lipinski definition) is 8. The van der Waals surface area contributed by atoms with Crippen molar-refractivity contribution in [1.29, 1.82) is 0 Å². The third kappa shape index (κ3) is 4.74. The molecule has 1 aliphatic heterocycles. The maximum absolute atomic E-state index is 14.4. The molecule has 5 aliphatic carbocycles. The van der Waals surface area contributed by atoms with Crippen LogP contribution in [0.5, 0.6) is 0 Å². The normalized spacial score (nSPS) is 55.4. The van der Waals surface area contributed by atoms with Crippen LogP contribution in [0.15, 0.2) is 11.6 Å². The van der Waals surface area contributed by atoms with Crippen LogP contribution in [0.25, 0.3) is 0 Å². The molecule has 0 amide bonds. The Balaban J connectivity index is 1.38. The maximum Gasteiger partial charge on any atom is 0.315 e. The van der Waals surface area contributed by atoms with Gasteiger partial charge in [0, 0.05) is 5.41 Å². The largest absolute Gasteiger partial charge is 0.432 e. The Morgan fingerprint density at radius 2 is 1.55 bits per heavy atom. The van der Waals surface area contributed by atoms with Crippen LogP contribution in [0.2, 0.25) is 0 Å². The Bertz CT molecular complexity index is 1270. The third-order valence-electron chi connectivity index (χ3n) is 15.4. The second-order valence-electron chi connectivity index (χ2n) is 17.9. The van der Waals surface area contributed by atoms with Crippen LogP contribution in [0.1, 0.15) is 92.9 Å². The van der Waals surface area contributed by atoms with E-state index in [2.05, 4.69) is 26.8 Å². The number of aliphatic hydroxyl groups excluding tert-OH is 8. The predicted octanol–water partition coefficient (Wildman–Crippen LogP) is 1.41. The average Bonchev–Trinajstić information content (AvgIpc) is 3.01. The summed E-state index contributed by atoms with van der Waals surface area (Å²) in [6, 6.07) is 0. The van der Waals surface area contributed by atoms with E-state index in [4.69, 9.17) is 9.47 Å². The van der Waals surface area contributed by atoms with Gasteiger partial charge in [-0.05, 0) is 90.8 Å². The van der Waals surface area contributed by atoms with Crippen LogP contribution in [0, 0.1) is 50.2 Å². The van der Waals surface area contributed by atoms with Gasteiger partial charge in [-0.15, -0.1) is 0 Å². The third-order valence-corrected chi connectivity index (χ3v) is 15.4. The van der Waals surface area contributed by atoms with Crippen LogP contribution in [0.4, 0.5) is 0 Å². The van der Waals surface area contributed by atoms with E-state index in [1.54, 1.807) is 0 Å². The monoisotopic (exact) mass is 666 g/mol. The summed E-state index contributed by atoms with van der Waals surface area (Å²) in [5, 5.41) is 85.2. The van der Waals surface area contributed by atoms with Crippen molar-refractivity contribution in [3.63, 3.8) is 0 Å². The zero-order valence-electron chi connectivity index (χ0n) is 28.8. The molecule has 0 aromatic rings. The van der Waals surface area contributed by atoms with E-state index < -0.39 is 77.8 Å². The summed E-state index contributed by atoms with van der Waals surface area (Å²) < 4.78 is 11.4. The molecular weight excluding hydrogens is 608 g/mol. The number of hydrogen-bond acceptors (Lipinski definition) is 11. The van der Waals surface area contributed by atoms with Crippen molar-refractivity contribution in [1.82, 2.24) is 0 Å². The van der Waals surface area contributed by atoms with Crippen LogP contribution in [-0.4, -0.2) is 109 Å². The van der Waals surface area contributed by atoms with E-state index in [0.29, 0.717) is 25.7 Å². The minimum Gasteiger partial charge on any atom is -0.432 e. The van der Waals surface area contributed by atoms with E-state index in [1.807, 2.05) is 20.8 Å². The highest BCUT2D eigenvalue weighted by Crippen LogP contribution is 2.76. The quantitative estimate of drug-likeness (QED) is 0.160. The van der Waals surface area contributed by atoms with Gasteiger partial charge in [0.05, 0.1) is 36.9 Å². The second-order valence-corrected chi connectivity index (χ2v) is 17.9. The van der Waals surface area contributed by atoms with E-state index in [-0.39, 0.29) is 47.0 Å². The highest BCUT2D eigenvalue weighted by molar-refractivity contribution is 5.79. The van der Waals surface area contributed by atoms with Crippen molar-refractivity contribution >= 4 is 5.97 Å². The summed E-state index contributed by atoms with van der Waals surface area (Å²) in [7, 11) is 0. The van der Waals surface area contributed by atoms with Gasteiger partial charge in [0.15, 0.2) is 0 Å². The number of ether oxygens (including phenoxy) is 2. The van der Waals surface area contributed by atoms with E-state index in [1.165, 1.54) is 5.57 Å². The zero-order chi connectivity index (χ0) is 34.7. The van der Waals surface area contributed by atoms with Gasteiger partial charge in [0.25, 0.3) is 0 Å². The van der Waals surface area contributed by atoms with E-state index in [9.17, 15) is 45.6 Å². The molecule has 268 valence electrons. The van der Waals surface area contributed by atoms with E-state index >= 15 is 0 Å². The molecule has 8 N–H and O–H groups in total. The number of rotatable bonds is 4. The molecule has 0 radical (unpaired) electrons. The molecule has 6 aliphatic rings. The number of esters is 1. The maximum atomic E-state index is 14.4. The standard InChI is InChI=1S/C36H58O11/c1-31(2)13-19-18-7-8-23-32(3)14-20(39)28(44)33(4,17-38)22(32)9-10-35(23,6)34(18,5)11-12-36(19,15-24(31)40)30(45)47-29-27(43)26(42)25(41)21(16-37)46-29/h7,19-29,37-44H,8-17H2,1-6H3. The average molecular weight is 667 g/mol. The minimum atomic E-state index is -1.72. The summed E-state index contributed by atoms with van der Waals surface area (Å²) in [6.07, 6.45) is -3.64. The Kier molecular flexibility index (Phi) is 8.68. The van der Waals surface area contributed by atoms with Crippen molar-refractivity contribution in [2.75, 3.05) is 13.2 Å². The number of allylic oxidation sites excluding steroid dienone is 2. The number of carbonyl (C=O) groups is 1.